The second kappa shape index (κ2) is 9.16. The largest absolute Gasteiger partial charge is 0.453 e. The molecule has 0 spiro atoms. The lowest BCUT2D eigenvalue weighted by atomic mass is 10.2. The molecule has 0 saturated heterocycles. The van der Waals surface area contributed by atoms with E-state index in [-0.39, 0.29) is 34.4 Å². The Bertz CT molecular complexity index is 814. The van der Waals surface area contributed by atoms with Crippen LogP contribution in [0.25, 0.3) is 0 Å². The third-order valence-corrected chi connectivity index (χ3v) is 5.13. The Morgan fingerprint density at radius 2 is 1.77 bits per heavy atom. The van der Waals surface area contributed by atoms with Gasteiger partial charge in [-0.2, -0.15) is 0 Å². The molecule has 1 aromatic heterocycles. The van der Waals surface area contributed by atoms with E-state index in [1.54, 1.807) is 24.3 Å². The van der Waals surface area contributed by atoms with E-state index in [4.69, 9.17) is 27.9 Å². The number of carbonyl (C=O) groups excluding carboxylic acids is 3. The Morgan fingerprint density at radius 1 is 1.12 bits per heavy atom. The molecule has 1 heterocycles. The van der Waals surface area contributed by atoms with Gasteiger partial charge in [0.2, 0.25) is 0 Å². The Kier molecular flexibility index (Phi) is 7.20. The third kappa shape index (κ3) is 5.56. The first-order valence-electron chi connectivity index (χ1n) is 7.82. The molecule has 1 aromatic carbocycles. The number of ether oxygens (including phenoxy) is 1. The quantitative estimate of drug-likeness (QED) is 0.517. The van der Waals surface area contributed by atoms with Gasteiger partial charge in [0.05, 0.1) is 27.0 Å². The summed E-state index contributed by atoms with van der Waals surface area (Å²) in [4.78, 5) is 37.7. The first-order chi connectivity index (χ1) is 12.3. The molecule has 1 atom stereocenters. The van der Waals surface area contributed by atoms with Gasteiger partial charge >= 0.3 is 5.97 Å². The zero-order chi connectivity index (χ0) is 19.3. The van der Waals surface area contributed by atoms with Crippen molar-refractivity contribution in [3.8, 4) is 0 Å². The van der Waals surface area contributed by atoms with Crippen LogP contribution in [0.2, 0.25) is 10.0 Å². The molecule has 0 aliphatic heterocycles. The van der Waals surface area contributed by atoms with Crippen LogP contribution in [0.15, 0.2) is 30.3 Å². The average Bonchev–Trinajstić information content (AvgIpc) is 3.02. The molecule has 8 heteroatoms. The molecule has 26 heavy (non-hydrogen) atoms. The molecule has 0 bridgehead atoms. The van der Waals surface area contributed by atoms with Gasteiger partial charge in [-0.15, -0.1) is 11.3 Å². The van der Waals surface area contributed by atoms with Crippen LogP contribution < -0.4 is 5.32 Å². The predicted octanol–water partition coefficient (Wildman–Crippen LogP) is 4.90. The number of anilines is 1. The van der Waals surface area contributed by atoms with Gasteiger partial charge in [-0.05, 0) is 38.1 Å². The van der Waals surface area contributed by atoms with Gasteiger partial charge in [0.1, 0.15) is 0 Å². The first kappa shape index (κ1) is 20.4. The molecule has 138 valence electrons. The molecule has 0 saturated carbocycles. The minimum Gasteiger partial charge on any atom is -0.453 e. The third-order valence-electron chi connectivity index (χ3n) is 3.46. The minimum absolute atomic E-state index is 0.0312. The fourth-order valence-corrected chi connectivity index (χ4v) is 3.40. The number of esters is 1. The van der Waals surface area contributed by atoms with Crippen molar-refractivity contribution >= 4 is 57.9 Å². The van der Waals surface area contributed by atoms with Crippen LogP contribution in [0.3, 0.4) is 0 Å². The number of aryl methyl sites for hydroxylation is 1. The van der Waals surface area contributed by atoms with Crippen molar-refractivity contribution < 1.29 is 19.1 Å². The Morgan fingerprint density at radius 3 is 2.35 bits per heavy atom. The number of amides is 1. The molecule has 2 aromatic rings. The molecule has 0 aliphatic carbocycles. The van der Waals surface area contributed by atoms with E-state index in [0.717, 1.165) is 4.88 Å². The van der Waals surface area contributed by atoms with Gasteiger partial charge in [0.15, 0.2) is 11.9 Å². The minimum atomic E-state index is -1.05. The topological polar surface area (TPSA) is 72.5 Å². The van der Waals surface area contributed by atoms with Crippen molar-refractivity contribution in [2.45, 2.75) is 32.8 Å². The number of nitrogens with one attached hydrogen (secondary N) is 1. The lowest BCUT2D eigenvalue weighted by Crippen LogP contribution is -2.30. The monoisotopic (exact) mass is 413 g/mol. The SMILES string of the molecule is Cc1ccc(C(=O)CCC(=O)O[C@@H](C)C(=O)Nc2c(Cl)cccc2Cl)s1. The number of Topliss-reactive ketones (excluding diaryl/α,β-unsaturated/α-hetero) is 1. The van der Waals surface area contributed by atoms with Crippen LogP contribution in [0, 0.1) is 6.92 Å². The zero-order valence-corrected chi connectivity index (χ0v) is 16.5. The first-order valence-corrected chi connectivity index (χ1v) is 9.39. The summed E-state index contributed by atoms with van der Waals surface area (Å²) < 4.78 is 5.07. The summed E-state index contributed by atoms with van der Waals surface area (Å²) in [5.41, 5.74) is 0.256. The van der Waals surface area contributed by atoms with E-state index in [9.17, 15) is 14.4 Å². The Hall–Kier alpha value is -1.89. The standard InChI is InChI=1S/C18H17Cl2NO4S/c1-10-6-8-15(26-10)14(22)7-9-16(23)25-11(2)18(24)21-17-12(19)4-3-5-13(17)20/h3-6,8,11H,7,9H2,1-2H3,(H,21,24)/t11-/m0/s1. The molecular weight excluding hydrogens is 397 g/mol. The van der Waals surface area contributed by atoms with E-state index in [1.165, 1.54) is 18.3 Å². The predicted molar refractivity (Wildman–Crippen MR) is 103 cm³/mol. The highest BCUT2D eigenvalue weighted by Gasteiger charge is 2.20. The number of rotatable bonds is 7. The maximum absolute atomic E-state index is 12.1. The fraction of sp³-hybridized carbons (Fsp3) is 0.278. The van der Waals surface area contributed by atoms with Gasteiger partial charge in [-0.1, -0.05) is 29.3 Å². The summed E-state index contributed by atoms with van der Waals surface area (Å²) >= 11 is 13.3. The number of para-hydroxylation sites is 1. The fourth-order valence-electron chi connectivity index (χ4n) is 2.07. The van der Waals surface area contributed by atoms with E-state index >= 15 is 0 Å². The summed E-state index contributed by atoms with van der Waals surface area (Å²) in [6.07, 6.45) is -1.11. The van der Waals surface area contributed by atoms with Crippen molar-refractivity contribution in [3.05, 3.63) is 50.1 Å². The van der Waals surface area contributed by atoms with Gasteiger partial charge < -0.3 is 10.1 Å². The van der Waals surface area contributed by atoms with Crippen LogP contribution >= 0.6 is 34.5 Å². The van der Waals surface area contributed by atoms with Crippen LogP contribution in [-0.2, 0) is 14.3 Å². The summed E-state index contributed by atoms with van der Waals surface area (Å²) in [7, 11) is 0. The number of thiophene rings is 1. The normalized spacial score (nSPS) is 11.7. The molecule has 2 rings (SSSR count). The zero-order valence-electron chi connectivity index (χ0n) is 14.2. The number of hydrogen-bond acceptors (Lipinski definition) is 5. The summed E-state index contributed by atoms with van der Waals surface area (Å²) in [6, 6.07) is 8.39. The molecule has 0 fully saturated rings. The number of halogens is 2. The van der Waals surface area contributed by atoms with Gasteiger partial charge in [0.25, 0.3) is 5.91 Å². The molecule has 1 N–H and O–H groups in total. The highest BCUT2D eigenvalue weighted by molar-refractivity contribution is 7.14. The second-order valence-corrected chi connectivity index (χ2v) is 7.65. The van der Waals surface area contributed by atoms with Crippen molar-refractivity contribution in [2.75, 3.05) is 5.32 Å². The van der Waals surface area contributed by atoms with Crippen molar-refractivity contribution in [1.82, 2.24) is 0 Å². The van der Waals surface area contributed by atoms with E-state index in [1.807, 2.05) is 13.0 Å². The highest BCUT2D eigenvalue weighted by atomic mass is 35.5. The number of benzene rings is 1. The maximum Gasteiger partial charge on any atom is 0.307 e. The number of hydrogen-bond donors (Lipinski definition) is 1. The van der Waals surface area contributed by atoms with Gasteiger partial charge in [-0.3, -0.25) is 14.4 Å². The molecule has 0 unspecified atom stereocenters. The van der Waals surface area contributed by atoms with Crippen LogP contribution in [0.1, 0.15) is 34.3 Å². The molecule has 0 radical (unpaired) electrons. The Balaban J connectivity index is 1.84. The lowest BCUT2D eigenvalue weighted by Gasteiger charge is -2.15. The highest BCUT2D eigenvalue weighted by Crippen LogP contribution is 2.30. The lowest BCUT2D eigenvalue weighted by molar-refractivity contribution is -0.153. The smallest absolute Gasteiger partial charge is 0.307 e. The average molecular weight is 414 g/mol. The summed E-state index contributed by atoms with van der Waals surface area (Å²) in [5, 5.41) is 3.09. The summed E-state index contributed by atoms with van der Waals surface area (Å²) in [5.74, 6) is -1.31. The van der Waals surface area contributed by atoms with Gasteiger partial charge in [0, 0.05) is 11.3 Å². The van der Waals surface area contributed by atoms with Crippen molar-refractivity contribution in [2.24, 2.45) is 0 Å². The van der Waals surface area contributed by atoms with Crippen molar-refractivity contribution in [3.63, 3.8) is 0 Å². The van der Waals surface area contributed by atoms with E-state index in [2.05, 4.69) is 5.32 Å². The molecular formula is C18H17Cl2NO4S. The van der Waals surface area contributed by atoms with Crippen LogP contribution in [0.5, 0.6) is 0 Å². The molecule has 1 amide bonds. The molecule has 0 aliphatic rings. The van der Waals surface area contributed by atoms with Crippen LogP contribution in [-0.4, -0.2) is 23.8 Å². The number of ketones is 1. The van der Waals surface area contributed by atoms with Crippen LogP contribution in [0.4, 0.5) is 5.69 Å². The van der Waals surface area contributed by atoms with Gasteiger partial charge in [-0.25, -0.2) is 0 Å². The van der Waals surface area contributed by atoms with Crippen molar-refractivity contribution in [1.29, 1.82) is 0 Å². The van der Waals surface area contributed by atoms with E-state index < -0.39 is 18.0 Å². The summed E-state index contributed by atoms with van der Waals surface area (Å²) in [6.45, 7) is 3.34. The maximum atomic E-state index is 12.1. The van der Waals surface area contributed by atoms with E-state index in [0.29, 0.717) is 4.88 Å². The number of carbonyl (C=O) groups is 3. The molecule has 5 nitrogen and oxygen atoms in total. The second-order valence-electron chi connectivity index (χ2n) is 5.55. The Labute approximate surface area is 165 Å².